The van der Waals surface area contributed by atoms with Crippen LogP contribution in [0.1, 0.15) is 39.5 Å². The minimum Gasteiger partial charge on any atom is -0.378 e. The minimum atomic E-state index is 0.0105. The molecule has 1 amide bonds. The first-order valence-corrected chi connectivity index (χ1v) is 8.40. The van der Waals surface area contributed by atoms with Crippen molar-refractivity contribution in [3.8, 4) is 0 Å². The monoisotopic (exact) mass is 310 g/mol. The normalized spacial score (nSPS) is 26.1. The molecule has 2 atom stereocenters. The molecule has 0 aliphatic heterocycles. The largest absolute Gasteiger partial charge is 0.378 e. The van der Waals surface area contributed by atoms with E-state index in [4.69, 9.17) is 4.74 Å². The summed E-state index contributed by atoms with van der Waals surface area (Å²) in [6.07, 6.45) is 5.15. The van der Waals surface area contributed by atoms with Crippen molar-refractivity contribution in [2.45, 2.75) is 51.7 Å². The van der Waals surface area contributed by atoms with Gasteiger partial charge in [-0.25, -0.2) is 4.99 Å². The number of rotatable bonds is 6. The highest BCUT2D eigenvalue weighted by Gasteiger charge is 2.59. The number of nitrogens with one attached hydrogen (secondary N) is 2. The molecule has 0 radical (unpaired) electrons. The summed E-state index contributed by atoms with van der Waals surface area (Å²) in [5.74, 6) is 0.750. The van der Waals surface area contributed by atoms with E-state index >= 15 is 0 Å². The lowest BCUT2D eigenvalue weighted by Crippen LogP contribution is -2.68. The van der Waals surface area contributed by atoms with Crippen molar-refractivity contribution in [1.29, 1.82) is 0 Å². The van der Waals surface area contributed by atoms with Gasteiger partial charge in [0.05, 0.1) is 6.10 Å². The van der Waals surface area contributed by atoms with Crippen LogP contribution in [0.15, 0.2) is 4.99 Å². The van der Waals surface area contributed by atoms with Crippen molar-refractivity contribution in [2.24, 2.45) is 10.4 Å². The Morgan fingerprint density at radius 3 is 2.59 bits per heavy atom. The maximum absolute atomic E-state index is 11.7. The topological polar surface area (TPSA) is 66.0 Å². The summed E-state index contributed by atoms with van der Waals surface area (Å²) in [5.41, 5.74) is 0.289. The van der Waals surface area contributed by atoms with Crippen LogP contribution in [0.4, 0.5) is 0 Å². The number of ether oxygens (including phenoxy) is 1. The van der Waals surface area contributed by atoms with Crippen LogP contribution in [0.5, 0.6) is 0 Å². The summed E-state index contributed by atoms with van der Waals surface area (Å²) in [6.45, 7) is 5.84. The number of amides is 1. The van der Waals surface area contributed by atoms with Crippen LogP contribution in [0, 0.1) is 5.41 Å². The van der Waals surface area contributed by atoms with Crippen molar-refractivity contribution >= 4 is 11.9 Å². The Hall–Kier alpha value is -1.30. The number of aliphatic imine (C=N–C) groups is 1. The summed E-state index contributed by atoms with van der Waals surface area (Å²) >= 11 is 0. The van der Waals surface area contributed by atoms with Crippen LogP contribution >= 0.6 is 0 Å². The summed E-state index contributed by atoms with van der Waals surface area (Å²) in [6, 6.07) is 0.407. The molecule has 6 heteroatoms. The zero-order valence-electron chi connectivity index (χ0n) is 14.3. The van der Waals surface area contributed by atoms with E-state index in [1.54, 1.807) is 19.0 Å². The van der Waals surface area contributed by atoms with E-state index in [-0.39, 0.29) is 17.9 Å². The fourth-order valence-corrected chi connectivity index (χ4v) is 3.41. The Labute approximate surface area is 133 Å². The minimum absolute atomic E-state index is 0.0105. The van der Waals surface area contributed by atoms with Gasteiger partial charge in [-0.2, -0.15) is 0 Å². The number of likely N-dealkylation sites (N-methyl/N-ethyl adjacent to an activating group) is 1. The molecule has 0 heterocycles. The van der Waals surface area contributed by atoms with E-state index < -0.39 is 0 Å². The Morgan fingerprint density at radius 2 is 2.09 bits per heavy atom. The molecule has 2 aliphatic rings. The Balaban J connectivity index is 1.94. The first-order chi connectivity index (χ1) is 10.5. The van der Waals surface area contributed by atoms with E-state index in [1.807, 2.05) is 6.92 Å². The molecule has 0 saturated heterocycles. The molecule has 0 bridgehead atoms. The van der Waals surface area contributed by atoms with Gasteiger partial charge in [-0.3, -0.25) is 4.79 Å². The first-order valence-electron chi connectivity index (χ1n) is 8.40. The van der Waals surface area contributed by atoms with E-state index in [1.165, 1.54) is 19.3 Å². The fourth-order valence-electron chi connectivity index (χ4n) is 3.41. The van der Waals surface area contributed by atoms with Crippen LogP contribution in [-0.2, 0) is 9.53 Å². The second-order valence-corrected chi connectivity index (χ2v) is 6.45. The number of nitrogens with zero attached hydrogens (tertiary/aromatic N) is 2. The zero-order chi connectivity index (χ0) is 16.2. The molecule has 0 aromatic heterocycles. The van der Waals surface area contributed by atoms with Gasteiger partial charge in [0, 0.05) is 38.7 Å². The van der Waals surface area contributed by atoms with Gasteiger partial charge in [0.1, 0.15) is 6.54 Å². The summed E-state index contributed by atoms with van der Waals surface area (Å²) in [7, 11) is 3.50. The van der Waals surface area contributed by atoms with Crippen LogP contribution in [0.3, 0.4) is 0 Å². The highest BCUT2D eigenvalue weighted by molar-refractivity contribution is 5.85. The lowest BCUT2D eigenvalue weighted by Gasteiger charge is -2.61. The van der Waals surface area contributed by atoms with Crippen LogP contribution in [0.2, 0.25) is 0 Å². The van der Waals surface area contributed by atoms with E-state index in [2.05, 4.69) is 22.5 Å². The maximum atomic E-state index is 11.7. The second kappa shape index (κ2) is 7.31. The van der Waals surface area contributed by atoms with Gasteiger partial charge >= 0.3 is 0 Å². The lowest BCUT2D eigenvalue weighted by atomic mass is 9.51. The summed E-state index contributed by atoms with van der Waals surface area (Å²) < 4.78 is 5.88. The average Bonchev–Trinajstić information content (AvgIpc) is 2.41. The standard InChI is InChI=1S/C16H30N4O2/c1-5-17-15(18-11-14(21)20(3)4)19-12-10-13(22-6-2)16(12)8-7-9-16/h12-13H,5-11H2,1-4H3,(H2,17,18,19). The molecule has 0 aromatic carbocycles. The van der Waals surface area contributed by atoms with Crippen LogP contribution in [0.25, 0.3) is 0 Å². The molecule has 6 nitrogen and oxygen atoms in total. The molecule has 2 unspecified atom stereocenters. The van der Waals surface area contributed by atoms with Crippen molar-refractivity contribution in [3.63, 3.8) is 0 Å². The number of hydrogen-bond acceptors (Lipinski definition) is 3. The highest BCUT2D eigenvalue weighted by Crippen LogP contribution is 2.57. The molecule has 2 fully saturated rings. The fraction of sp³-hybridized carbons (Fsp3) is 0.875. The molecular weight excluding hydrogens is 280 g/mol. The summed E-state index contributed by atoms with van der Waals surface area (Å²) in [5, 5.41) is 6.75. The van der Waals surface area contributed by atoms with Crippen LogP contribution < -0.4 is 10.6 Å². The third-order valence-electron chi connectivity index (χ3n) is 4.96. The second-order valence-electron chi connectivity index (χ2n) is 6.45. The number of carbonyl (C=O) groups is 1. The molecule has 1 spiro atoms. The van der Waals surface area contributed by atoms with Crippen molar-refractivity contribution < 1.29 is 9.53 Å². The lowest BCUT2D eigenvalue weighted by molar-refractivity contribution is -0.168. The molecular formula is C16H30N4O2. The number of guanidine groups is 1. The molecule has 2 rings (SSSR count). The number of hydrogen-bond donors (Lipinski definition) is 2. The quantitative estimate of drug-likeness (QED) is 0.567. The Bertz CT molecular complexity index is 418. The van der Waals surface area contributed by atoms with Gasteiger partial charge in [0.25, 0.3) is 0 Å². The van der Waals surface area contributed by atoms with Gasteiger partial charge in [0.15, 0.2) is 5.96 Å². The zero-order valence-corrected chi connectivity index (χ0v) is 14.3. The molecule has 0 aromatic rings. The maximum Gasteiger partial charge on any atom is 0.243 e. The van der Waals surface area contributed by atoms with Crippen molar-refractivity contribution in [1.82, 2.24) is 15.5 Å². The molecule has 126 valence electrons. The molecule has 22 heavy (non-hydrogen) atoms. The summed E-state index contributed by atoms with van der Waals surface area (Å²) in [4.78, 5) is 17.7. The van der Waals surface area contributed by atoms with Crippen LogP contribution in [-0.4, -0.2) is 62.7 Å². The third-order valence-corrected chi connectivity index (χ3v) is 4.96. The van der Waals surface area contributed by atoms with Crippen molar-refractivity contribution in [3.05, 3.63) is 0 Å². The highest BCUT2D eigenvalue weighted by atomic mass is 16.5. The smallest absolute Gasteiger partial charge is 0.243 e. The SMILES string of the molecule is CCNC(=NCC(=O)N(C)C)NC1CC(OCC)C12CCC2. The van der Waals surface area contributed by atoms with Gasteiger partial charge < -0.3 is 20.3 Å². The molecule has 2 aliphatic carbocycles. The third kappa shape index (κ3) is 3.37. The molecule has 2 N–H and O–H groups in total. The van der Waals surface area contributed by atoms with E-state index in [0.717, 1.165) is 25.5 Å². The van der Waals surface area contributed by atoms with Gasteiger partial charge in [-0.1, -0.05) is 6.42 Å². The Morgan fingerprint density at radius 1 is 1.36 bits per heavy atom. The van der Waals surface area contributed by atoms with Gasteiger partial charge in [-0.15, -0.1) is 0 Å². The first kappa shape index (κ1) is 17.1. The van der Waals surface area contributed by atoms with Gasteiger partial charge in [-0.05, 0) is 33.1 Å². The van der Waals surface area contributed by atoms with E-state index in [9.17, 15) is 4.79 Å². The van der Waals surface area contributed by atoms with Gasteiger partial charge in [0.2, 0.25) is 5.91 Å². The molecule has 2 saturated carbocycles. The average molecular weight is 310 g/mol. The predicted octanol–water partition coefficient (Wildman–Crippen LogP) is 0.977. The number of carbonyl (C=O) groups excluding carboxylic acids is 1. The Kier molecular flexibility index (Phi) is 5.67. The predicted molar refractivity (Wildman–Crippen MR) is 87.9 cm³/mol. The van der Waals surface area contributed by atoms with Crippen molar-refractivity contribution in [2.75, 3.05) is 33.8 Å². The van der Waals surface area contributed by atoms with E-state index in [0.29, 0.717) is 12.1 Å².